The van der Waals surface area contributed by atoms with Gasteiger partial charge in [-0.25, -0.2) is 4.98 Å². The van der Waals surface area contributed by atoms with Crippen molar-refractivity contribution in [3.63, 3.8) is 0 Å². The molecule has 1 aliphatic rings. The number of nitrogens with zero attached hydrogens (tertiary/aromatic N) is 2. The Morgan fingerprint density at radius 3 is 2.95 bits per heavy atom. The third-order valence-electron chi connectivity index (χ3n) is 3.34. The van der Waals surface area contributed by atoms with Crippen molar-refractivity contribution in [3.05, 3.63) is 34.8 Å². The Hall–Kier alpha value is -1.13. The Bertz CT molecular complexity index is 646. The van der Waals surface area contributed by atoms with Crippen LogP contribution < -0.4 is 4.90 Å². The number of pyridine rings is 1. The average molecular weight is 340 g/mol. The van der Waals surface area contributed by atoms with E-state index in [0.29, 0.717) is 24.7 Å². The number of aromatic nitrogens is 1. The van der Waals surface area contributed by atoms with Crippen LogP contribution in [-0.2, 0) is 4.79 Å². The molecule has 0 spiro atoms. The molecule has 0 saturated carbocycles. The van der Waals surface area contributed by atoms with E-state index < -0.39 is 0 Å². The summed E-state index contributed by atoms with van der Waals surface area (Å²) in [5.41, 5.74) is 0.892. The van der Waals surface area contributed by atoms with E-state index in [0.717, 1.165) is 15.4 Å². The maximum atomic E-state index is 12.0. The van der Waals surface area contributed by atoms with Crippen LogP contribution in [0.5, 0.6) is 0 Å². The second-order valence-electron chi connectivity index (χ2n) is 4.74. The van der Waals surface area contributed by atoms with Crippen LogP contribution in [0.15, 0.2) is 34.8 Å². The Labute approximate surface area is 124 Å². The van der Waals surface area contributed by atoms with E-state index in [4.69, 9.17) is 11.6 Å². The number of halogens is 2. The molecule has 1 atom stereocenters. The molecule has 0 N–H and O–H groups in total. The van der Waals surface area contributed by atoms with Crippen LogP contribution in [0.2, 0.25) is 0 Å². The summed E-state index contributed by atoms with van der Waals surface area (Å²) >= 11 is 9.27. The normalized spacial score (nSPS) is 19.4. The molecule has 19 heavy (non-hydrogen) atoms. The molecule has 98 valence electrons. The molecule has 1 aromatic heterocycles. The van der Waals surface area contributed by atoms with Gasteiger partial charge in [-0.2, -0.15) is 0 Å². The van der Waals surface area contributed by atoms with Crippen LogP contribution in [-0.4, -0.2) is 23.3 Å². The molecular weight excluding hydrogens is 328 g/mol. The van der Waals surface area contributed by atoms with Crippen LogP contribution in [0.1, 0.15) is 6.42 Å². The first kappa shape index (κ1) is 12.9. The third kappa shape index (κ3) is 2.47. The Balaban J connectivity index is 1.97. The first-order valence-corrected chi connectivity index (χ1v) is 7.43. The Morgan fingerprint density at radius 1 is 1.37 bits per heavy atom. The van der Waals surface area contributed by atoms with E-state index in [9.17, 15) is 4.79 Å². The maximum absolute atomic E-state index is 12.0. The summed E-state index contributed by atoms with van der Waals surface area (Å²) in [5, 5.41) is 1.05. The molecule has 2 aromatic rings. The van der Waals surface area contributed by atoms with Gasteiger partial charge in [-0.05, 0) is 36.2 Å². The second kappa shape index (κ2) is 5.10. The lowest BCUT2D eigenvalue weighted by Gasteiger charge is -2.15. The summed E-state index contributed by atoms with van der Waals surface area (Å²) < 4.78 is 1.02. The smallest absolute Gasteiger partial charge is 0.228 e. The SMILES string of the molecule is O=C1CC(CCl)CN1c1ccc2cc(Br)ccc2n1. The van der Waals surface area contributed by atoms with Crippen molar-refractivity contribution in [2.45, 2.75) is 6.42 Å². The lowest BCUT2D eigenvalue weighted by atomic mass is 10.1. The second-order valence-corrected chi connectivity index (χ2v) is 5.96. The van der Waals surface area contributed by atoms with Gasteiger partial charge in [0.2, 0.25) is 5.91 Å². The summed E-state index contributed by atoms with van der Waals surface area (Å²) in [6.45, 7) is 0.664. The predicted octanol–water partition coefficient (Wildman–Crippen LogP) is 3.59. The monoisotopic (exact) mass is 338 g/mol. The minimum absolute atomic E-state index is 0.106. The van der Waals surface area contributed by atoms with Crippen LogP contribution in [0.3, 0.4) is 0 Å². The highest BCUT2D eigenvalue weighted by Gasteiger charge is 2.30. The first-order chi connectivity index (χ1) is 9.17. The lowest BCUT2D eigenvalue weighted by Crippen LogP contribution is -2.25. The number of hydrogen-bond acceptors (Lipinski definition) is 2. The van der Waals surface area contributed by atoms with Crippen LogP contribution in [0, 0.1) is 5.92 Å². The Morgan fingerprint density at radius 2 is 2.21 bits per heavy atom. The van der Waals surface area contributed by atoms with E-state index in [1.807, 2.05) is 30.3 Å². The highest BCUT2D eigenvalue weighted by atomic mass is 79.9. The van der Waals surface area contributed by atoms with Crippen molar-refractivity contribution in [1.82, 2.24) is 4.98 Å². The number of carbonyl (C=O) groups is 1. The van der Waals surface area contributed by atoms with E-state index in [1.165, 1.54) is 0 Å². The molecule has 0 bridgehead atoms. The number of fused-ring (bicyclic) bond motifs is 1. The average Bonchev–Trinajstić information content (AvgIpc) is 2.79. The van der Waals surface area contributed by atoms with Gasteiger partial charge >= 0.3 is 0 Å². The zero-order valence-corrected chi connectivity index (χ0v) is 12.5. The third-order valence-corrected chi connectivity index (χ3v) is 4.27. The molecule has 1 fully saturated rings. The van der Waals surface area contributed by atoms with Gasteiger partial charge in [-0.1, -0.05) is 15.9 Å². The fourth-order valence-corrected chi connectivity index (χ4v) is 2.93. The molecule has 5 heteroatoms. The number of carbonyl (C=O) groups excluding carboxylic acids is 1. The van der Waals surface area contributed by atoms with Gasteiger partial charge in [0, 0.05) is 28.7 Å². The van der Waals surface area contributed by atoms with Crippen LogP contribution in [0.4, 0.5) is 5.82 Å². The molecule has 1 unspecified atom stereocenters. The van der Waals surface area contributed by atoms with Gasteiger partial charge in [0.25, 0.3) is 0 Å². The van der Waals surface area contributed by atoms with Gasteiger partial charge in [0.1, 0.15) is 5.82 Å². The number of amides is 1. The van der Waals surface area contributed by atoms with Crippen LogP contribution in [0.25, 0.3) is 10.9 Å². The highest BCUT2D eigenvalue weighted by molar-refractivity contribution is 9.10. The first-order valence-electron chi connectivity index (χ1n) is 6.10. The molecule has 3 rings (SSSR count). The van der Waals surface area contributed by atoms with Crippen molar-refractivity contribution >= 4 is 50.2 Å². The van der Waals surface area contributed by atoms with E-state index in [1.54, 1.807) is 4.90 Å². The van der Waals surface area contributed by atoms with Crippen molar-refractivity contribution in [1.29, 1.82) is 0 Å². The van der Waals surface area contributed by atoms with Gasteiger partial charge in [-0.15, -0.1) is 11.6 Å². The van der Waals surface area contributed by atoms with Gasteiger partial charge in [0.05, 0.1) is 5.52 Å². The minimum atomic E-state index is 0.106. The van der Waals surface area contributed by atoms with Gasteiger partial charge in [0.15, 0.2) is 0 Å². The molecule has 1 amide bonds. The summed E-state index contributed by atoms with van der Waals surface area (Å²) in [7, 11) is 0. The number of alkyl halides is 1. The van der Waals surface area contributed by atoms with Crippen molar-refractivity contribution in [3.8, 4) is 0 Å². The molecule has 0 radical (unpaired) electrons. The predicted molar refractivity (Wildman–Crippen MR) is 80.6 cm³/mol. The molecular formula is C14H12BrClN2O. The largest absolute Gasteiger partial charge is 0.296 e. The molecule has 1 aromatic carbocycles. The lowest BCUT2D eigenvalue weighted by molar-refractivity contribution is -0.117. The fourth-order valence-electron chi connectivity index (χ4n) is 2.34. The Kier molecular flexibility index (Phi) is 3.46. The van der Waals surface area contributed by atoms with Crippen LogP contribution >= 0.6 is 27.5 Å². The van der Waals surface area contributed by atoms with E-state index in [2.05, 4.69) is 20.9 Å². The molecule has 0 aliphatic carbocycles. The summed E-state index contributed by atoms with van der Waals surface area (Å²) in [6, 6.07) is 9.79. The summed E-state index contributed by atoms with van der Waals surface area (Å²) in [4.78, 5) is 18.2. The number of hydrogen-bond donors (Lipinski definition) is 0. The number of rotatable bonds is 2. The van der Waals surface area contributed by atoms with Gasteiger partial charge in [-0.3, -0.25) is 9.69 Å². The molecule has 1 aliphatic heterocycles. The molecule has 1 saturated heterocycles. The summed E-state index contributed by atoms with van der Waals surface area (Å²) in [6.07, 6.45) is 0.517. The topological polar surface area (TPSA) is 33.2 Å². The minimum Gasteiger partial charge on any atom is -0.296 e. The fraction of sp³-hybridized carbons (Fsp3) is 0.286. The van der Waals surface area contributed by atoms with E-state index >= 15 is 0 Å². The molecule has 2 heterocycles. The van der Waals surface area contributed by atoms with Gasteiger partial charge < -0.3 is 0 Å². The standard InChI is InChI=1S/C14H12BrClN2O/c15-11-2-3-12-10(6-11)1-4-13(17-12)18-8-9(7-16)5-14(18)19/h1-4,6,9H,5,7-8H2. The molecule has 3 nitrogen and oxygen atoms in total. The van der Waals surface area contributed by atoms with Crippen molar-refractivity contribution in [2.75, 3.05) is 17.3 Å². The van der Waals surface area contributed by atoms with Crippen molar-refractivity contribution in [2.24, 2.45) is 5.92 Å². The zero-order chi connectivity index (χ0) is 13.4. The number of anilines is 1. The number of benzene rings is 1. The van der Waals surface area contributed by atoms with Crippen molar-refractivity contribution < 1.29 is 4.79 Å². The zero-order valence-electron chi connectivity index (χ0n) is 10.1. The summed E-state index contributed by atoms with van der Waals surface area (Å²) in [5.74, 6) is 1.57. The van der Waals surface area contributed by atoms with E-state index in [-0.39, 0.29) is 11.8 Å². The maximum Gasteiger partial charge on any atom is 0.228 e. The highest BCUT2D eigenvalue weighted by Crippen LogP contribution is 2.27. The quantitative estimate of drug-likeness (QED) is 0.783.